The molecule has 0 bridgehead atoms. The van der Waals surface area contributed by atoms with Crippen LogP contribution in [0.5, 0.6) is 0 Å². The molecule has 1 N–H and O–H groups in total. The molecule has 0 fully saturated rings. The van der Waals surface area contributed by atoms with Crippen molar-refractivity contribution in [1.82, 2.24) is 10.2 Å². The third kappa shape index (κ3) is 9.47. The zero-order valence-corrected chi connectivity index (χ0v) is 24.1. The van der Waals surface area contributed by atoms with Crippen LogP contribution in [-0.2, 0) is 26.2 Å². The number of anilines is 1. The monoisotopic (exact) mass is 573 g/mol. The summed E-state index contributed by atoms with van der Waals surface area (Å²) in [5, 5.41) is 3.75. The van der Waals surface area contributed by atoms with Crippen molar-refractivity contribution in [3.63, 3.8) is 0 Å². The van der Waals surface area contributed by atoms with Crippen molar-refractivity contribution in [3.8, 4) is 0 Å². The first-order valence-electron chi connectivity index (χ1n) is 11.9. The summed E-state index contributed by atoms with van der Waals surface area (Å²) in [5.41, 5.74) is 0.435. The Hall–Kier alpha value is -2.36. The number of amides is 2. The van der Waals surface area contributed by atoms with Crippen LogP contribution < -0.4 is 9.62 Å². The van der Waals surface area contributed by atoms with Crippen LogP contribution in [0.25, 0.3) is 0 Å². The fraction of sp³-hybridized carbons (Fsp3) is 0.462. The minimum atomic E-state index is -3.67. The standard InChI is InChI=1S/C26H34Cl2FN3O4S/c1-6-23(25(34)30-26(2,3)4)31(17-18-9-10-19(27)16-22(18)28)24(33)8-7-15-32(37(5,35)36)21-13-11-20(29)12-14-21/h9-14,16,23H,6-8,15,17H2,1-5H3,(H,30,34)/t23-/m0/s1. The molecule has 0 spiro atoms. The van der Waals surface area contributed by atoms with Crippen molar-refractivity contribution in [2.24, 2.45) is 0 Å². The largest absolute Gasteiger partial charge is 0.350 e. The minimum Gasteiger partial charge on any atom is -0.350 e. The summed E-state index contributed by atoms with van der Waals surface area (Å²) in [7, 11) is -3.67. The van der Waals surface area contributed by atoms with Gasteiger partial charge in [-0.2, -0.15) is 0 Å². The molecule has 0 radical (unpaired) electrons. The number of hydrogen-bond donors (Lipinski definition) is 1. The van der Waals surface area contributed by atoms with Gasteiger partial charge in [-0.1, -0.05) is 36.2 Å². The summed E-state index contributed by atoms with van der Waals surface area (Å²) in [6.45, 7) is 7.48. The Morgan fingerprint density at radius 1 is 1.08 bits per heavy atom. The highest BCUT2D eigenvalue weighted by atomic mass is 35.5. The van der Waals surface area contributed by atoms with Crippen LogP contribution >= 0.6 is 23.2 Å². The number of carbonyl (C=O) groups is 2. The molecular weight excluding hydrogens is 540 g/mol. The zero-order chi connectivity index (χ0) is 28.0. The molecule has 0 aliphatic rings. The molecule has 0 unspecified atom stereocenters. The molecule has 1 atom stereocenters. The first-order chi connectivity index (χ1) is 17.1. The zero-order valence-electron chi connectivity index (χ0n) is 21.7. The van der Waals surface area contributed by atoms with Gasteiger partial charge >= 0.3 is 0 Å². The van der Waals surface area contributed by atoms with Crippen molar-refractivity contribution in [3.05, 3.63) is 63.9 Å². The number of carbonyl (C=O) groups excluding carboxylic acids is 2. The van der Waals surface area contributed by atoms with Crippen molar-refractivity contribution < 1.29 is 22.4 Å². The molecule has 37 heavy (non-hydrogen) atoms. The van der Waals surface area contributed by atoms with E-state index >= 15 is 0 Å². The third-order valence-electron chi connectivity index (χ3n) is 5.51. The predicted molar refractivity (Wildman–Crippen MR) is 147 cm³/mol. The van der Waals surface area contributed by atoms with Gasteiger partial charge in [0, 0.05) is 35.1 Å². The third-order valence-corrected chi connectivity index (χ3v) is 7.29. The van der Waals surface area contributed by atoms with E-state index in [1.54, 1.807) is 18.2 Å². The van der Waals surface area contributed by atoms with E-state index in [-0.39, 0.29) is 37.7 Å². The van der Waals surface area contributed by atoms with E-state index in [1.807, 2.05) is 27.7 Å². The lowest BCUT2D eigenvalue weighted by Gasteiger charge is -2.33. The topological polar surface area (TPSA) is 86.8 Å². The first-order valence-corrected chi connectivity index (χ1v) is 14.5. The molecule has 0 aliphatic carbocycles. The van der Waals surface area contributed by atoms with Gasteiger partial charge in [-0.15, -0.1) is 0 Å². The molecule has 7 nitrogen and oxygen atoms in total. The molecular formula is C26H34Cl2FN3O4S. The summed E-state index contributed by atoms with van der Waals surface area (Å²) >= 11 is 12.4. The van der Waals surface area contributed by atoms with Gasteiger partial charge in [0.1, 0.15) is 11.9 Å². The minimum absolute atomic E-state index is 0.0106. The average Bonchev–Trinajstić information content (AvgIpc) is 2.76. The van der Waals surface area contributed by atoms with Crippen molar-refractivity contribution in [2.45, 2.75) is 65.1 Å². The number of halogens is 3. The second kappa shape index (κ2) is 12.9. The second-order valence-corrected chi connectivity index (χ2v) is 12.6. The van der Waals surface area contributed by atoms with Gasteiger partial charge in [-0.05, 0) is 75.6 Å². The van der Waals surface area contributed by atoms with Gasteiger partial charge in [0.25, 0.3) is 0 Å². The van der Waals surface area contributed by atoms with Gasteiger partial charge in [0.05, 0.1) is 11.9 Å². The lowest BCUT2D eigenvalue weighted by Crippen LogP contribution is -2.53. The van der Waals surface area contributed by atoms with E-state index in [9.17, 15) is 22.4 Å². The highest BCUT2D eigenvalue weighted by Gasteiger charge is 2.31. The van der Waals surface area contributed by atoms with Crippen LogP contribution in [0, 0.1) is 5.82 Å². The van der Waals surface area contributed by atoms with Gasteiger partial charge in [-0.25, -0.2) is 12.8 Å². The SMILES string of the molecule is CC[C@@H](C(=O)NC(C)(C)C)N(Cc1ccc(Cl)cc1Cl)C(=O)CCCN(c1ccc(F)cc1)S(C)(=O)=O. The molecule has 2 rings (SSSR count). The Kier molecular flexibility index (Phi) is 10.8. The quantitative estimate of drug-likeness (QED) is 0.390. The van der Waals surface area contributed by atoms with E-state index in [0.29, 0.717) is 27.7 Å². The van der Waals surface area contributed by atoms with E-state index < -0.39 is 27.4 Å². The average molecular weight is 575 g/mol. The molecule has 0 saturated heterocycles. The molecule has 204 valence electrons. The lowest BCUT2D eigenvalue weighted by molar-refractivity contribution is -0.142. The van der Waals surface area contributed by atoms with Crippen molar-refractivity contribution in [2.75, 3.05) is 17.1 Å². The fourth-order valence-electron chi connectivity index (χ4n) is 3.82. The number of benzene rings is 2. The molecule has 0 heterocycles. The Labute approximate surface area is 229 Å². The first kappa shape index (κ1) is 30.9. The van der Waals surface area contributed by atoms with Gasteiger partial charge in [-0.3, -0.25) is 13.9 Å². The summed E-state index contributed by atoms with van der Waals surface area (Å²) < 4.78 is 39.2. The van der Waals surface area contributed by atoms with Crippen molar-refractivity contribution in [1.29, 1.82) is 0 Å². The van der Waals surface area contributed by atoms with E-state index in [1.165, 1.54) is 29.2 Å². The maximum Gasteiger partial charge on any atom is 0.243 e. The van der Waals surface area contributed by atoms with Gasteiger partial charge in [0.15, 0.2) is 0 Å². The lowest BCUT2D eigenvalue weighted by atomic mass is 10.0. The summed E-state index contributed by atoms with van der Waals surface area (Å²) in [5.74, 6) is -1.10. The maximum absolute atomic E-state index is 13.5. The van der Waals surface area contributed by atoms with Crippen LogP contribution in [0.4, 0.5) is 10.1 Å². The Balaban J connectivity index is 2.27. The molecule has 11 heteroatoms. The molecule has 2 amide bonds. The van der Waals surface area contributed by atoms with E-state index in [2.05, 4.69) is 5.32 Å². The van der Waals surface area contributed by atoms with Crippen LogP contribution in [0.3, 0.4) is 0 Å². The van der Waals surface area contributed by atoms with E-state index in [4.69, 9.17) is 23.2 Å². The van der Waals surface area contributed by atoms with Gasteiger partial charge < -0.3 is 10.2 Å². The summed E-state index contributed by atoms with van der Waals surface area (Å²) in [6.07, 6.45) is 1.59. The molecule has 2 aromatic rings. The normalized spacial score (nSPS) is 12.6. The number of hydrogen-bond acceptors (Lipinski definition) is 4. The highest BCUT2D eigenvalue weighted by molar-refractivity contribution is 7.92. The molecule has 0 aromatic heterocycles. The number of rotatable bonds is 11. The predicted octanol–water partition coefficient (Wildman–Crippen LogP) is 5.40. The molecule has 2 aromatic carbocycles. The fourth-order valence-corrected chi connectivity index (χ4v) is 5.25. The Morgan fingerprint density at radius 2 is 1.70 bits per heavy atom. The molecule has 0 saturated carbocycles. The number of nitrogens with one attached hydrogen (secondary N) is 1. The second-order valence-electron chi connectivity index (χ2n) is 9.84. The molecule has 0 aliphatic heterocycles. The number of sulfonamides is 1. The van der Waals surface area contributed by atoms with Crippen LogP contribution in [0.2, 0.25) is 10.0 Å². The van der Waals surface area contributed by atoms with E-state index in [0.717, 1.165) is 10.6 Å². The summed E-state index contributed by atoms with van der Waals surface area (Å²) in [6, 6.07) is 9.28. The maximum atomic E-state index is 13.5. The van der Waals surface area contributed by atoms with Crippen molar-refractivity contribution >= 4 is 50.7 Å². The smallest absolute Gasteiger partial charge is 0.243 e. The van der Waals surface area contributed by atoms with Crippen LogP contribution in [-0.4, -0.2) is 49.5 Å². The summed E-state index contributed by atoms with van der Waals surface area (Å²) in [4.78, 5) is 28.1. The van der Waals surface area contributed by atoms with Crippen LogP contribution in [0.15, 0.2) is 42.5 Å². The van der Waals surface area contributed by atoms with Crippen LogP contribution in [0.1, 0.15) is 52.5 Å². The Morgan fingerprint density at radius 3 is 2.22 bits per heavy atom. The van der Waals surface area contributed by atoms with Gasteiger partial charge in [0.2, 0.25) is 21.8 Å². The number of nitrogens with zero attached hydrogens (tertiary/aromatic N) is 2. The Bertz CT molecular complexity index is 1200. The highest BCUT2D eigenvalue weighted by Crippen LogP contribution is 2.25.